The Morgan fingerprint density at radius 3 is 2.96 bits per heavy atom. The normalized spacial score (nSPS) is 18.7. The van der Waals surface area contributed by atoms with Crippen molar-refractivity contribution in [2.75, 3.05) is 13.1 Å². The van der Waals surface area contributed by atoms with Gasteiger partial charge < -0.3 is 0 Å². The Labute approximate surface area is 140 Å². The standard InChI is InChI=1S/C18H20N2O2S/c1-13(21)17-9-14(12-23-17)10-20-8-4-5-15(11-20)18(22)16-6-2-3-7-19-16/h2-3,6-7,9,12,15H,4-5,8,10-11H2,1H3. The van der Waals surface area contributed by atoms with Crippen LogP contribution in [-0.2, 0) is 6.54 Å². The molecule has 1 aliphatic heterocycles. The molecule has 0 spiro atoms. The summed E-state index contributed by atoms with van der Waals surface area (Å²) in [6.07, 6.45) is 3.61. The number of pyridine rings is 1. The number of likely N-dealkylation sites (tertiary alicyclic amines) is 1. The van der Waals surface area contributed by atoms with Gasteiger partial charge in [-0.3, -0.25) is 19.5 Å². The van der Waals surface area contributed by atoms with Gasteiger partial charge in [-0.05, 0) is 55.5 Å². The second kappa shape index (κ2) is 7.15. The van der Waals surface area contributed by atoms with Crippen molar-refractivity contribution in [3.05, 3.63) is 52.0 Å². The number of Topliss-reactive ketones (excluding diaryl/α,β-unsaturated/α-hetero) is 2. The quantitative estimate of drug-likeness (QED) is 0.789. The summed E-state index contributed by atoms with van der Waals surface area (Å²) in [5.41, 5.74) is 1.72. The molecule has 0 saturated carbocycles. The molecule has 5 heteroatoms. The van der Waals surface area contributed by atoms with Crippen LogP contribution in [0.3, 0.4) is 0 Å². The SMILES string of the molecule is CC(=O)c1cc(CN2CCCC(C(=O)c3ccccn3)C2)cs1. The number of piperidine rings is 1. The Balaban J connectivity index is 1.63. The highest BCUT2D eigenvalue weighted by Crippen LogP contribution is 2.23. The van der Waals surface area contributed by atoms with Gasteiger partial charge in [-0.2, -0.15) is 0 Å². The molecule has 2 aromatic rings. The van der Waals surface area contributed by atoms with Gasteiger partial charge in [0.15, 0.2) is 11.6 Å². The maximum atomic E-state index is 12.6. The molecular formula is C18H20N2O2S. The minimum atomic E-state index is 0.0181. The summed E-state index contributed by atoms with van der Waals surface area (Å²) < 4.78 is 0. The van der Waals surface area contributed by atoms with Gasteiger partial charge in [0.1, 0.15) is 5.69 Å². The molecule has 1 saturated heterocycles. The predicted molar refractivity (Wildman–Crippen MR) is 90.9 cm³/mol. The van der Waals surface area contributed by atoms with Crippen LogP contribution < -0.4 is 0 Å². The molecule has 0 amide bonds. The molecule has 3 rings (SSSR count). The highest BCUT2D eigenvalue weighted by Gasteiger charge is 2.27. The Morgan fingerprint density at radius 2 is 2.26 bits per heavy atom. The highest BCUT2D eigenvalue weighted by atomic mass is 32.1. The van der Waals surface area contributed by atoms with Crippen molar-refractivity contribution in [1.82, 2.24) is 9.88 Å². The topological polar surface area (TPSA) is 50.3 Å². The van der Waals surface area contributed by atoms with Crippen LogP contribution >= 0.6 is 11.3 Å². The number of aromatic nitrogens is 1. The average Bonchev–Trinajstić information content (AvgIpc) is 3.04. The molecule has 0 aliphatic carbocycles. The van der Waals surface area contributed by atoms with Crippen LogP contribution in [-0.4, -0.2) is 34.5 Å². The lowest BCUT2D eigenvalue weighted by molar-refractivity contribution is 0.0806. The fraction of sp³-hybridized carbons (Fsp3) is 0.389. The van der Waals surface area contributed by atoms with E-state index < -0.39 is 0 Å². The third-order valence-electron chi connectivity index (χ3n) is 4.20. The van der Waals surface area contributed by atoms with Crippen molar-refractivity contribution >= 4 is 22.9 Å². The number of hydrogen-bond donors (Lipinski definition) is 0. The molecule has 3 heterocycles. The molecule has 1 aliphatic rings. The van der Waals surface area contributed by atoms with Crippen LogP contribution in [0.4, 0.5) is 0 Å². The molecule has 1 unspecified atom stereocenters. The van der Waals surface area contributed by atoms with E-state index in [4.69, 9.17) is 0 Å². The molecule has 4 nitrogen and oxygen atoms in total. The van der Waals surface area contributed by atoms with E-state index >= 15 is 0 Å². The zero-order valence-electron chi connectivity index (χ0n) is 13.2. The van der Waals surface area contributed by atoms with Crippen molar-refractivity contribution in [1.29, 1.82) is 0 Å². The second-order valence-corrected chi connectivity index (χ2v) is 6.94. The van der Waals surface area contributed by atoms with Crippen LogP contribution in [0, 0.1) is 5.92 Å². The molecule has 1 fully saturated rings. The summed E-state index contributed by atoms with van der Waals surface area (Å²) in [5, 5.41) is 2.04. The van der Waals surface area contributed by atoms with E-state index in [1.165, 1.54) is 11.3 Å². The summed E-state index contributed by atoms with van der Waals surface area (Å²) in [6, 6.07) is 7.44. The number of carbonyl (C=O) groups excluding carboxylic acids is 2. The first-order chi connectivity index (χ1) is 11.1. The molecule has 0 bridgehead atoms. The lowest BCUT2D eigenvalue weighted by Gasteiger charge is -2.31. The second-order valence-electron chi connectivity index (χ2n) is 6.03. The number of hydrogen-bond acceptors (Lipinski definition) is 5. The van der Waals surface area contributed by atoms with Crippen LogP contribution in [0.5, 0.6) is 0 Å². The van der Waals surface area contributed by atoms with E-state index in [9.17, 15) is 9.59 Å². The van der Waals surface area contributed by atoms with Crippen LogP contribution in [0.1, 0.15) is 45.5 Å². The van der Waals surface area contributed by atoms with E-state index in [-0.39, 0.29) is 17.5 Å². The molecule has 0 aromatic carbocycles. The number of carbonyl (C=O) groups is 2. The van der Waals surface area contributed by atoms with Crippen molar-refractivity contribution in [3.8, 4) is 0 Å². The fourth-order valence-electron chi connectivity index (χ4n) is 3.03. The summed E-state index contributed by atoms with van der Waals surface area (Å²) in [6.45, 7) is 4.16. The number of nitrogens with zero attached hydrogens (tertiary/aromatic N) is 2. The molecule has 23 heavy (non-hydrogen) atoms. The maximum Gasteiger partial charge on any atom is 0.185 e. The van der Waals surface area contributed by atoms with Crippen molar-refractivity contribution < 1.29 is 9.59 Å². The van der Waals surface area contributed by atoms with E-state index in [0.717, 1.165) is 42.9 Å². The molecule has 0 radical (unpaired) electrons. The van der Waals surface area contributed by atoms with E-state index in [2.05, 4.69) is 9.88 Å². The van der Waals surface area contributed by atoms with Crippen LogP contribution in [0.15, 0.2) is 35.8 Å². The third-order valence-corrected chi connectivity index (χ3v) is 5.28. The largest absolute Gasteiger partial charge is 0.298 e. The number of thiophene rings is 1. The number of ketones is 2. The summed E-state index contributed by atoms with van der Waals surface area (Å²) in [7, 11) is 0. The molecule has 1 atom stereocenters. The third kappa shape index (κ3) is 3.92. The Morgan fingerprint density at radius 1 is 1.39 bits per heavy atom. The first-order valence-corrected chi connectivity index (χ1v) is 8.77. The van der Waals surface area contributed by atoms with Crippen LogP contribution in [0.25, 0.3) is 0 Å². The van der Waals surface area contributed by atoms with E-state index in [1.54, 1.807) is 19.2 Å². The van der Waals surface area contributed by atoms with Crippen molar-refractivity contribution in [3.63, 3.8) is 0 Å². The minimum Gasteiger partial charge on any atom is -0.298 e. The Kier molecular flexibility index (Phi) is 4.98. The van der Waals surface area contributed by atoms with Crippen LogP contribution in [0.2, 0.25) is 0 Å². The Hall–Kier alpha value is -1.85. The molecular weight excluding hydrogens is 308 g/mol. The van der Waals surface area contributed by atoms with Gasteiger partial charge in [0.2, 0.25) is 0 Å². The minimum absolute atomic E-state index is 0.0181. The maximum absolute atomic E-state index is 12.6. The van der Waals surface area contributed by atoms with Gasteiger partial charge >= 0.3 is 0 Å². The molecule has 120 valence electrons. The molecule has 0 N–H and O–H groups in total. The average molecular weight is 328 g/mol. The monoisotopic (exact) mass is 328 g/mol. The van der Waals surface area contributed by atoms with Crippen molar-refractivity contribution in [2.24, 2.45) is 5.92 Å². The van der Waals surface area contributed by atoms with E-state index in [0.29, 0.717) is 5.69 Å². The van der Waals surface area contributed by atoms with Gasteiger partial charge in [0.05, 0.1) is 4.88 Å². The van der Waals surface area contributed by atoms with Gasteiger partial charge in [-0.25, -0.2) is 0 Å². The molecule has 2 aromatic heterocycles. The summed E-state index contributed by atoms with van der Waals surface area (Å²) in [5.74, 6) is 0.276. The van der Waals surface area contributed by atoms with Gasteiger partial charge in [0, 0.05) is 25.2 Å². The van der Waals surface area contributed by atoms with Gasteiger partial charge in [-0.15, -0.1) is 11.3 Å². The first-order valence-electron chi connectivity index (χ1n) is 7.89. The lowest BCUT2D eigenvalue weighted by Crippen LogP contribution is -2.38. The predicted octanol–water partition coefficient (Wildman–Crippen LogP) is 3.44. The first kappa shape index (κ1) is 16.0. The lowest BCUT2D eigenvalue weighted by atomic mass is 9.91. The summed E-state index contributed by atoms with van der Waals surface area (Å²) in [4.78, 5) is 31.2. The smallest absolute Gasteiger partial charge is 0.185 e. The van der Waals surface area contributed by atoms with Gasteiger partial charge in [0.25, 0.3) is 0 Å². The zero-order valence-corrected chi connectivity index (χ0v) is 14.0. The van der Waals surface area contributed by atoms with E-state index in [1.807, 2.05) is 23.6 Å². The number of rotatable bonds is 5. The highest BCUT2D eigenvalue weighted by molar-refractivity contribution is 7.12. The fourth-order valence-corrected chi connectivity index (χ4v) is 3.84. The zero-order chi connectivity index (χ0) is 16.2. The summed E-state index contributed by atoms with van der Waals surface area (Å²) >= 11 is 1.50. The Bertz CT molecular complexity index is 696. The van der Waals surface area contributed by atoms with Crippen molar-refractivity contribution in [2.45, 2.75) is 26.3 Å². The van der Waals surface area contributed by atoms with Gasteiger partial charge in [-0.1, -0.05) is 6.07 Å².